The highest BCUT2D eigenvalue weighted by atomic mass is 16.3. The summed E-state index contributed by atoms with van der Waals surface area (Å²) < 4.78 is 0. The van der Waals surface area contributed by atoms with Gasteiger partial charge in [-0.1, -0.05) is 0 Å². The van der Waals surface area contributed by atoms with Crippen LogP contribution in [0.4, 0.5) is 0 Å². The van der Waals surface area contributed by atoms with Crippen molar-refractivity contribution in [3.63, 3.8) is 0 Å². The van der Waals surface area contributed by atoms with Crippen molar-refractivity contribution < 1.29 is 9.90 Å². The Morgan fingerprint density at radius 1 is 1.41 bits per heavy atom. The maximum Gasteiger partial charge on any atom is 0.253 e. The summed E-state index contributed by atoms with van der Waals surface area (Å²) in [5, 5.41) is 19.6. The molecular weight excluding hydrogens is 218 g/mol. The minimum Gasteiger partial charge on any atom is -0.396 e. The van der Waals surface area contributed by atoms with E-state index >= 15 is 0 Å². The smallest absolute Gasteiger partial charge is 0.253 e. The van der Waals surface area contributed by atoms with Gasteiger partial charge in [-0.05, 0) is 40.2 Å². The first-order chi connectivity index (χ1) is 7.85. The predicted octanol–water partition coefficient (Wildman–Crippen LogP) is 0.984. The van der Waals surface area contributed by atoms with Gasteiger partial charge < -0.3 is 10.4 Å². The Bertz CT molecular complexity index is 416. The molecule has 2 N–H and O–H groups in total. The summed E-state index contributed by atoms with van der Waals surface area (Å²) >= 11 is 0. The van der Waals surface area contributed by atoms with E-state index < -0.39 is 5.54 Å². The predicted molar refractivity (Wildman–Crippen MR) is 64.8 cm³/mol. The molecule has 0 unspecified atom stereocenters. The molecule has 0 fully saturated rings. The van der Waals surface area contributed by atoms with E-state index in [1.165, 1.54) is 0 Å². The van der Waals surface area contributed by atoms with Crippen LogP contribution in [0.5, 0.6) is 0 Å². The van der Waals surface area contributed by atoms with E-state index in [1.54, 1.807) is 19.9 Å². The summed E-state index contributed by atoms with van der Waals surface area (Å²) in [6, 6.07) is 1.71. The van der Waals surface area contributed by atoms with Crippen LogP contribution in [-0.4, -0.2) is 33.4 Å². The second-order valence-corrected chi connectivity index (χ2v) is 4.80. The van der Waals surface area contributed by atoms with Gasteiger partial charge in [0.15, 0.2) is 0 Å². The summed E-state index contributed by atoms with van der Waals surface area (Å²) in [7, 11) is 0. The van der Waals surface area contributed by atoms with Gasteiger partial charge in [-0.25, -0.2) is 0 Å². The van der Waals surface area contributed by atoms with Crippen LogP contribution in [0.25, 0.3) is 0 Å². The van der Waals surface area contributed by atoms with Crippen molar-refractivity contribution in [3.05, 3.63) is 23.0 Å². The fourth-order valence-corrected chi connectivity index (χ4v) is 1.50. The van der Waals surface area contributed by atoms with Crippen LogP contribution in [-0.2, 0) is 0 Å². The molecule has 0 aliphatic carbocycles. The Hall–Kier alpha value is -1.49. The number of carbonyl (C=O) groups excluding carboxylic acids is 1. The van der Waals surface area contributed by atoms with Gasteiger partial charge in [0, 0.05) is 12.1 Å². The molecule has 1 aromatic heterocycles. The molecule has 5 nitrogen and oxygen atoms in total. The fourth-order valence-electron chi connectivity index (χ4n) is 1.50. The molecule has 0 spiro atoms. The molecule has 5 heteroatoms. The molecule has 0 aromatic carbocycles. The first-order valence-corrected chi connectivity index (χ1v) is 5.60. The summed E-state index contributed by atoms with van der Waals surface area (Å²) in [4.78, 5) is 12.0. The minimum atomic E-state index is -0.435. The van der Waals surface area contributed by atoms with Crippen molar-refractivity contribution in [1.82, 2.24) is 15.5 Å². The molecule has 17 heavy (non-hydrogen) atoms. The van der Waals surface area contributed by atoms with E-state index in [0.717, 1.165) is 0 Å². The number of hydrogen-bond donors (Lipinski definition) is 2. The lowest BCUT2D eigenvalue weighted by atomic mass is 10.0. The summed E-state index contributed by atoms with van der Waals surface area (Å²) in [5.74, 6) is -0.182. The van der Waals surface area contributed by atoms with Crippen LogP contribution in [0.15, 0.2) is 6.07 Å². The largest absolute Gasteiger partial charge is 0.396 e. The fraction of sp³-hybridized carbons (Fsp3) is 0.583. The quantitative estimate of drug-likeness (QED) is 0.818. The van der Waals surface area contributed by atoms with Gasteiger partial charge >= 0.3 is 0 Å². The molecule has 1 rings (SSSR count). The van der Waals surface area contributed by atoms with E-state index in [-0.39, 0.29) is 12.5 Å². The lowest BCUT2D eigenvalue weighted by Crippen LogP contribution is -2.44. The Balaban J connectivity index is 2.86. The minimum absolute atomic E-state index is 0.0416. The second kappa shape index (κ2) is 5.23. The molecule has 0 saturated carbocycles. The van der Waals surface area contributed by atoms with Gasteiger partial charge in [-0.3, -0.25) is 4.79 Å². The van der Waals surface area contributed by atoms with Crippen molar-refractivity contribution in [3.8, 4) is 0 Å². The van der Waals surface area contributed by atoms with Crippen LogP contribution in [0.3, 0.4) is 0 Å². The Kier molecular flexibility index (Phi) is 4.17. The lowest BCUT2D eigenvalue weighted by molar-refractivity contribution is 0.0898. The number of hydrogen-bond acceptors (Lipinski definition) is 4. The first kappa shape index (κ1) is 13.6. The van der Waals surface area contributed by atoms with Crippen molar-refractivity contribution in [2.75, 3.05) is 6.61 Å². The molecule has 0 radical (unpaired) electrons. The normalized spacial score (nSPS) is 11.4. The number of carbonyl (C=O) groups is 1. The van der Waals surface area contributed by atoms with Gasteiger partial charge in [0.25, 0.3) is 5.91 Å². The van der Waals surface area contributed by atoms with Gasteiger partial charge in [0.2, 0.25) is 0 Å². The molecule has 0 aliphatic rings. The number of amides is 1. The van der Waals surface area contributed by atoms with Gasteiger partial charge in [-0.2, -0.15) is 10.2 Å². The molecule has 0 atom stereocenters. The maximum atomic E-state index is 12.0. The standard InChI is InChI=1S/C12H19N3O2/c1-8-7-10(9(2)15-14-8)11(17)13-12(3,4)5-6-16/h7,16H,5-6H2,1-4H3,(H,13,17). The zero-order valence-electron chi connectivity index (χ0n) is 10.7. The van der Waals surface area contributed by atoms with Crippen molar-refractivity contribution in [2.24, 2.45) is 0 Å². The number of nitrogens with zero attached hydrogens (tertiary/aromatic N) is 2. The molecule has 0 bridgehead atoms. The monoisotopic (exact) mass is 237 g/mol. The molecule has 0 aliphatic heterocycles. The van der Waals surface area contributed by atoms with Gasteiger partial charge in [0.05, 0.1) is 17.0 Å². The Labute approximate surface area is 101 Å². The number of nitrogens with one attached hydrogen (secondary N) is 1. The molecule has 0 saturated heterocycles. The number of aliphatic hydroxyl groups excluding tert-OH is 1. The number of rotatable bonds is 4. The SMILES string of the molecule is Cc1cc(C(=O)NC(C)(C)CCO)c(C)nn1. The van der Waals surface area contributed by atoms with Crippen molar-refractivity contribution in [2.45, 2.75) is 39.7 Å². The zero-order valence-corrected chi connectivity index (χ0v) is 10.7. The Morgan fingerprint density at radius 3 is 2.65 bits per heavy atom. The first-order valence-electron chi connectivity index (χ1n) is 5.60. The number of aryl methyl sites for hydroxylation is 2. The number of aromatic nitrogens is 2. The van der Waals surface area contributed by atoms with E-state index in [9.17, 15) is 4.79 Å². The molecule has 1 heterocycles. The third kappa shape index (κ3) is 3.78. The Morgan fingerprint density at radius 2 is 2.06 bits per heavy atom. The molecule has 94 valence electrons. The van der Waals surface area contributed by atoms with Gasteiger partial charge in [-0.15, -0.1) is 0 Å². The molecule has 1 aromatic rings. The number of aliphatic hydroxyl groups is 1. The maximum absolute atomic E-state index is 12.0. The van der Waals surface area contributed by atoms with E-state index in [4.69, 9.17) is 5.11 Å². The highest BCUT2D eigenvalue weighted by molar-refractivity contribution is 5.95. The van der Waals surface area contributed by atoms with Crippen LogP contribution in [0, 0.1) is 13.8 Å². The zero-order chi connectivity index (χ0) is 13.1. The summed E-state index contributed by atoms with van der Waals surface area (Å²) in [6.45, 7) is 7.33. The van der Waals surface area contributed by atoms with Crippen LogP contribution in [0.2, 0.25) is 0 Å². The van der Waals surface area contributed by atoms with E-state index in [1.807, 2.05) is 13.8 Å². The highest BCUT2D eigenvalue weighted by Gasteiger charge is 2.21. The topological polar surface area (TPSA) is 75.1 Å². The second-order valence-electron chi connectivity index (χ2n) is 4.80. The average molecular weight is 237 g/mol. The van der Waals surface area contributed by atoms with Crippen molar-refractivity contribution >= 4 is 5.91 Å². The van der Waals surface area contributed by atoms with Gasteiger partial charge in [0.1, 0.15) is 0 Å². The third-order valence-corrected chi connectivity index (χ3v) is 2.53. The summed E-state index contributed by atoms with van der Waals surface area (Å²) in [5.41, 5.74) is 1.41. The van der Waals surface area contributed by atoms with E-state index in [0.29, 0.717) is 23.4 Å². The van der Waals surface area contributed by atoms with Crippen LogP contribution < -0.4 is 5.32 Å². The van der Waals surface area contributed by atoms with E-state index in [2.05, 4.69) is 15.5 Å². The third-order valence-electron chi connectivity index (χ3n) is 2.53. The average Bonchev–Trinajstić information content (AvgIpc) is 2.20. The highest BCUT2D eigenvalue weighted by Crippen LogP contribution is 2.11. The summed E-state index contributed by atoms with van der Waals surface area (Å²) in [6.07, 6.45) is 0.509. The van der Waals surface area contributed by atoms with Crippen molar-refractivity contribution in [1.29, 1.82) is 0 Å². The van der Waals surface area contributed by atoms with Crippen LogP contribution >= 0.6 is 0 Å². The lowest BCUT2D eigenvalue weighted by Gasteiger charge is -2.25. The molecule has 1 amide bonds. The molecular formula is C12H19N3O2. The van der Waals surface area contributed by atoms with Crippen LogP contribution in [0.1, 0.15) is 42.0 Å².